The number of likely N-dealkylation sites (tertiary alicyclic amines) is 1. The molecule has 0 aliphatic carbocycles. The van der Waals surface area contributed by atoms with Gasteiger partial charge in [-0.05, 0) is 48.6 Å². The Hall–Kier alpha value is -4.11. The molecule has 45 heavy (non-hydrogen) atoms. The number of halogens is 3. The molecule has 244 valence electrons. The van der Waals surface area contributed by atoms with Crippen LogP contribution >= 0.6 is 11.6 Å². The van der Waals surface area contributed by atoms with Gasteiger partial charge in [0.05, 0.1) is 10.9 Å². The minimum absolute atomic E-state index is 0.0429. The van der Waals surface area contributed by atoms with E-state index in [1.807, 2.05) is 0 Å². The summed E-state index contributed by atoms with van der Waals surface area (Å²) in [6, 6.07) is 10.8. The average Bonchev–Trinajstić information content (AvgIpc) is 3.49. The van der Waals surface area contributed by atoms with Crippen molar-refractivity contribution in [1.82, 2.24) is 20.3 Å². The van der Waals surface area contributed by atoms with Crippen molar-refractivity contribution in [3.8, 4) is 0 Å². The van der Waals surface area contributed by atoms with Gasteiger partial charge in [-0.25, -0.2) is 17.9 Å². The van der Waals surface area contributed by atoms with Crippen molar-refractivity contribution in [1.29, 1.82) is 0 Å². The highest BCUT2D eigenvalue weighted by Gasteiger charge is 2.51. The summed E-state index contributed by atoms with van der Waals surface area (Å²) < 4.78 is 61.5. The molecule has 0 saturated carbocycles. The molecule has 1 aliphatic heterocycles. The van der Waals surface area contributed by atoms with E-state index in [2.05, 4.69) is 5.32 Å². The van der Waals surface area contributed by atoms with E-state index in [1.165, 1.54) is 26.0 Å². The third kappa shape index (κ3) is 9.44. The molecule has 2 unspecified atom stereocenters. The Bertz CT molecular complexity index is 1510. The number of benzene rings is 2. The molecule has 1 aliphatic rings. The number of nitrogens with zero attached hydrogens (tertiary/aromatic N) is 1. The summed E-state index contributed by atoms with van der Waals surface area (Å²) in [5.74, 6) is -11.4. The van der Waals surface area contributed by atoms with Crippen LogP contribution in [-0.2, 0) is 40.5 Å². The van der Waals surface area contributed by atoms with E-state index in [0.29, 0.717) is 6.42 Å². The van der Waals surface area contributed by atoms with Crippen molar-refractivity contribution < 1.29 is 45.9 Å². The van der Waals surface area contributed by atoms with Crippen LogP contribution in [0.1, 0.15) is 38.7 Å². The minimum atomic E-state index is -4.61. The van der Waals surface area contributed by atoms with Gasteiger partial charge in [0.1, 0.15) is 12.6 Å². The number of hydrogen-bond acceptors (Lipinski definition) is 8. The molecule has 3 rings (SSSR count). The number of sulfonamides is 1. The predicted molar refractivity (Wildman–Crippen MR) is 157 cm³/mol. The molecule has 0 aromatic heterocycles. The van der Waals surface area contributed by atoms with Crippen molar-refractivity contribution in [2.75, 3.05) is 13.1 Å². The van der Waals surface area contributed by atoms with Gasteiger partial charge in [0.15, 0.2) is 0 Å². The highest BCUT2D eigenvalue weighted by molar-refractivity contribution is 7.90. The molecule has 0 radical (unpaired) electrons. The summed E-state index contributed by atoms with van der Waals surface area (Å²) in [6.07, 6.45) is -0.840. The number of carbonyl (C=O) groups excluding carboxylic acids is 5. The summed E-state index contributed by atoms with van der Waals surface area (Å²) in [4.78, 5) is 63.8. The molecule has 2 atom stereocenters. The highest BCUT2D eigenvalue weighted by Crippen LogP contribution is 2.23. The lowest BCUT2D eigenvalue weighted by Gasteiger charge is -2.28. The topological polar surface area (TPSA) is 168 Å². The summed E-state index contributed by atoms with van der Waals surface area (Å²) >= 11 is 5.71. The van der Waals surface area contributed by atoms with Crippen LogP contribution in [0.4, 0.5) is 13.6 Å². The maximum atomic E-state index is 15.0. The number of hydrogen-bond donors (Lipinski definition) is 3. The zero-order chi connectivity index (χ0) is 33.4. The van der Waals surface area contributed by atoms with E-state index in [-0.39, 0.29) is 29.5 Å². The number of carbonyl (C=O) groups is 5. The van der Waals surface area contributed by atoms with Gasteiger partial charge < -0.3 is 15.4 Å². The van der Waals surface area contributed by atoms with Crippen LogP contribution in [-0.4, -0.2) is 74.0 Å². The van der Waals surface area contributed by atoms with Gasteiger partial charge in [-0.1, -0.05) is 55.8 Å². The number of Topliss-reactive ketones (excluding diaryl/α,β-unsaturated/α-hetero) is 1. The fourth-order valence-electron chi connectivity index (χ4n) is 4.43. The smallest absolute Gasteiger partial charge is 0.410 e. The Morgan fingerprint density at radius 1 is 1.04 bits per heavy atom. The normalized spacial score (nSPS) is 15.7. The first-order valence-corrected chi connectivity index (χ1v) is 15.8. The minimum Gasteiger partial charge on any atom is -0.445 e. The molecule has 12 nitrogen and oxygen atoms in total. The van der Waals surface area contributed by atoms with E-state index >= 15 is 0 Å². The zero-order valence-electron chi connectivity index (χ0n) is 24.4. The summed E-state index contributed by atoms with van der Waals surface area (Å²) in [5.41, 5.74) is 0.723. The molecule has 2 aromatic rings. The lowest BCUT2D eigenvalue weighted by molar-refractivity contribution is -0.161. The second kappa shape index (κ2) is 15.3. The first-order chi connectivity index (χ1) is 21.1. The molecule has 1 saturated heterocycles. The number of rotatable bonds is 13. The fraction of sp³-hybridized carbons (Fsp3) is 0.414. The van der Waals surface area contributed by atoms with E-state index in [0.717, 1.165) is 22.6 Å². The second-order valence-electron chi connectivity index (χ2n) is 10.5. The van der Waals surface area contributed by atoms with Crippen LogP contribution in [0.25, 0.3) is 0 Å². The molecular formula is C29H33ClF2N4O8S. The molecule has 3 N–H and O–H groups in total. The molecule has 2 aromatic carbocycles. The molecule has 4 amide bonds. The molecule has 0 bridgehead atoms. The third-order valence-corrected chi connectivity index (χ3v) is 8.49. The van der Waals surface area contributed by atoms with Crippen LogP contribution in [0.2, 0.25) is 5.02 Å². The third-order valence-electron chi connectivity index (χ3n) is 6.85. The van der Waals surface area contributed by atoms with E-state index in [9.17, 15) is 41.2 Å². The van der Waals surface area contributed by atoms with Crippen LogP contribution in [0.5, 0.6) is 0 Å². The Kier molecular flexibility index (Phi) is 12.0. The quantitative estimate of drug-likeness (QED) is 0.274. The van der Waals surface area contributed by atoms with Gasteiger partial charge in [-0.2, -0.15) is 8.78 Å². The van der Waals surface area contributed by atoms with Gasteiger partial charge >= 0.3 is 12.0 Å². The summed E-state index contributed by atoms with van der Waals surface area (Å²) in [6.45, 7) is 2.20. The lowest BCUT2D eigenvalue weighted by atomic mass is 9.94. The van der Waals surface area contributed by atoms with Gasteiger partial charge in [-0.3, -0.25) is 24.1 Å². The number of alkyl halides is 2. The van der Waals surface area contributed by atoms with E-state index in [4.69, 9.17) is 16.3 Å². The number of amides is 4. The lowest BCUT2D eigenvalue weighted by Crippen LogP contribution is -2.58. The first kappa shape index (κ1) is 35.4. The molecular weight excluding hydrogens is 638 g/mol. The molecule has 1 fully saturated rings. The Labute approximate surface area is 263 Å². The molecule has 16 heteroatoms. The predicted octanol–water partition coefficient (Wildman–Crippen LogP) is 2.80. The first-order valence-electron chi connectivity index (χ1n) is 13.9. The van der Waals surface area contributed by atoms with Gasteiger partial charge in [-0.15, -0.1) is 0 Å². The van der Waals surface area contributed by atoms with Crippen molar-refractivity contribution in [2.24, 2.45) is 5.92 Å². The van der Waals surface area contributed by atoms with Crippen LogP contribution < -0.4 is 15.4 Å². The monoisotopic (exact) mass is 670 g/mol. The largest absolute Gasteiger partial charge is 0.445 e. The molecule has 0 spiro atoms. The Balaban J connectivity index is 1.55. The summed E-state index contributed by atoms with van der Waals surface area (Å²) in [5, 5.41) is 4.28. The fourth-order valence-corrected chi connectivity index (χ4v) is 5.57. The van der Waals surface area contributed by atoms with Gasteiger partial charge in [0.2, 0.25) is 17.6 Å². The summed E-state index contributed by atoms with van der Waals surface area (Å²) in [7, 11) is -4.28. The SMILES string of the molecule is CC(C)C(NC(=O)C1CCCN1C(=O)OCc1ccccc1)C(=O)C(F)(F)C(=O)NCCC(=O)NS(=O)(=O)c1ccc(Cl)cc1. The van der Waals surface area contributed by atoms with Crippen LogP contribution in [0.3, 0.4) is 0 Å². The van der Waals surface area contributed by atoms with Gasteiger partial charge in [0, 0.05) is 24.5 Å². The second-order valence-corrected chi connectivity index (χ2v) is 12.7. The van der Waals surface area contributed by atoms with E-state index in [1.54, 1.807) is 40.4 Å². The van der Waals surface area contributed by atoms with Crippen LogP contribution in [0.15, 0.2) is 59.5 Å². The highest BCUT2D eigenvalue weighted by atomic mass is 35.5. The maximum Gasteiger partial charge on any atom is 0.410 e. The zero-order valence-corrected chi connectivity index (χ0v) is 26.0. The van der Waals surface area contributed by atoms with E-state index < -0.39 is 76.5 Å². The average molecular weight is 671 g/mol. The van der Waals surface area contributed by atoms with Crippen LogP contribution in [0, 0.1) is 5.92 Å². The Morgan fingerprint density at radius 2 is 1.69 bits per heavy atom. The number of nitrogens with one attached hydrogen (secondary N) is 3. The van der Waals surface area contributed by atoms with Crippen molar-refractivity contribution in [2.45, 2.75) is 62.6 Å². The van der Waals surface area contributed by atoms with Crippen molar-refractivity contribution >= 4 is 51.2 Å². The molecule has 1 heterocycles. The standard InChI is InChI=1S/C29H33ClF2N4O8S/c1-18(2)24(34-26(39)22-9-6-16-36(22)28(41)44-17-19-7-4-3-5-8-19)25(38)29(31,32)27(40)33-15-14-23(37)35-45(42,43)21-12-10-20(30)11-13-21/h3-5,7-8,10-13,18,22,24H,6,9,14-17H2,1-2H3,(H,33,40)(H,34,39)(H,35,37). The number of ether oxygens (including phenoxy) is 1. The maximum absolute atomic E-state index is 15.0. The Morgan fingerprint density at radius 3 is 2.31 bits per heavy atom. The van der Waals surface area contributed by atoms with Crippen molar-refractivity contribution in [3.05, 3.63) is 65.2 Å². The number of ketones is 1. The van der Waals surface area contributed by atoms with Crippen molar-refractivity contribution in [3.63, 3.8) is 0 Å². The van der Waals surface area contributed by atoms with Gasteiger partial charge in [0.25, 0.3) is 15.9 Å².